The first-order valence-corrected chi connectivity index (χ1v) is 8.57. The first kappa shape index (κ1) is 16.3. The van der Waals surface area contributed by atoms with Crippen molar-refractivity contribution in [1.82, 2.24) is 4.90 Å². The lowest BCUT2D eigenvalue weighted by Gasteiger charge is -2.34. The molecule has 0 radical (unpaired) electrons. The summed E-state index contributed by atoms with van der Waals surface area (Å²) in [6.45, 7) is 3.69. The molecular formula is C17H29NO3. The summed E-state index contributed by atoms with van der Waals surface area (Å²) in [7, 11) is 0. The Balaban J connectivity index is 1.78. The number of carbonyl (C=O) groups excluding carboxylic acids is 1. The molecule has 1 aliphatic heterocycles. The molecule has 1 amide bonds. The second-order valence-corrected chi connectivity index (χ2v) is 7.01. The number of likely N-dealkylation sites (tertiary alicyclic amines) is 1. The van der Waals surface area contributed by atoms with Crippen LogP contribution in [0, 0.1) is 17.8 Å². The number of carboxylic acid groups (broad SMARTS) is 1. The van der Waals surface area contributed by atoms with Crippen LogP contribution in [0.3, 0.4) is 0 Å². The third-order valence-corrected chi connectivity index (χ3v) is 5.18. The molecule has 1 heterocycles. The zero-order valence-electron chi connectivity index (χ0n) is 13.2. The summed E-state index contributed by atoms with van der Waals surface area (Å²) in [4.78, 5) is 25.3. The molecule has 21 heavy (non-hydrogen) atoms. The number of hydrogen-bond acceptors (Lipinski definition) is 2. The van der Waals surface area contributed by atoms with Crippen LogP contribution in [0.5, 0.6) is 0 Å². The van der Waals surface area contributed by atoms with Crippen LogP contribution in [0.25, 0.3) is 0 Å². The maximum Gasteiger partial charge on any atom is 0.303 e. The van der Waals surface area contributed by atoms with E-state index in [1.54, 1.807) is 0 Å². The van der Waals surface area contributed by atoms with Gasteiger partial charge in [-0.3, -0.25) is 9.59 Å². The quantitative estimate of drug-likeness (QED) is 0.818. The number of nitrogens with zero attached hydrogens (tertiary/aromatic N) is 1. The van der Waals surface area contributed by atoms with Gasteiger partial charge in [0.2, 0.25) is 5.91 Å². The normalized spacial score (nSPS) is 25.0. The van der Waals surface area contributed by atoms with Crippen LogP contribution in [0.1, 0.15) is 64.7 Å². The van der Waals surface area contributed by atoms with Gasteiger partial charge in [0.25, 0.3) is 0 Å². The van der Waals surface area contributed by atoms with Gasteiger partial charge in [-0.2, -0.15) is 0 Å². The summed E-state index contributed by atoms with van der Waals surface area (Å²) in [6, 6.07) is 0. The lowest BCUT2D eigenvalue weighted by molar-refractivity contribution is -0.138. The van der Waals surface area contributed by atoms with Crippen molar-refractivity contribution in [2.75, 3.05) is 13.1 Å². The monoisotopic (exact) mass is 295 g/mol. The Hall–Kier alpha value is -1.06. The molecule has 120 valence electrons. The molecule has 2 fully saturated rings. The first-order valence-electron chi connectivity index (χ1n) is 8.57. The molecule has 2 aliphatic rings. The SMILES string of the molecule is CC(CC1CCCC1)C(=O)N1CCCC(CCC(=O)O)C1. The van der Waals surface area contributed by atoms with Crippen molar-refractivity contribution in [1.29, 1.82) is 0 Å². The van der Waals surface area contributed by atoms with Gasteiger partial charge in [-0.15, -0.1) is 0 Å². The first-order chi connectivity index (χ1) is 10.1. The fourth-order valence-corrected chi connectivity index (χ4v) is 3.99. The fourth-order valence-electron chi connectivity index (χ4n) is 3.99. The number of amides is 1. The summed E-state index contributed by atoms with van der Waals surface area (Å²) in [6.07, 6.45) is 9.28. The summed E-state index contributed by atoms with van der Waals surface area (Å²) in [5, 5.41) is 8.79. The van der Waals surface area contributed by atoms with Crippen molar-refractivity contribution >= 4 is 11.9 Å². The molecule has 0 spiro atoms. The third-order valence-electron chi connectivity index (χ3n) is 5.18. The fraction of sp³-hybridized carbons (Fsp3) is 0.882. The molecule has 1 saturated heterocycles. The van der Waals surface area contributed by atoms with E-state index in [1.807, 2.05) is 4.90 Å². The second kappa shape index (κ2) is 7.81. The molecule has 0 bridgehead atoms. The maximum atomic E-state index is 12.6. The Labute approximate surface area is 127 Å². The van der Waals surface area contributed by atoms with Gasteiger partial charge in [-0.25, -0.2) is 0 Å². The minimum atomic E-state index is -0.729. The number of hydrogen-bond donors (Lipinski definition) is 1. The highest BCUT2D eigenvalue weighted by molar-refractivity contribution is 5.78. The number of carbonyl (C=O) groups is 2. The highest BCUT2D eigenvalue weighted by atomic mass is 16.4. The lowest BCUT2D eigenvalue weighted by Crippen LogP contribution is -2.42. The number of aliphatic carboxylic acids is 1. The number of rotatable bonds is 6. The van der Waals surface area contributed by atoms with E-state index in [4.69, 9.17) is 5.11 Å². The van der Waals surface area contributed by atoms with Crippen molar-refractivity contribution in [3.05, 3.63) is 0 Å². The summed E-state index contributed by atoms with van der Waals surface area (Å²) < 4.78 is 0. The molecule has 1 aliphatic carbocycles. The highest BCUT2D eigenvalue weighted by Gasteiger charge is 2.29. The molecule has 2 atom stereocenters. The smallest absolute Gasteiger partial charge is 0.303 e. The van der Waals surface area contributed by atoms with Crippen molar-refractivity contribution in [2.24, 2.45) is 17.8 Å². The third kappa shape index (κ3) is 5.01. The van der Waals surface area contributed by atoms with Crippen molar-refractivity contribution in [3.8, 4) is 0 Å². The largest absolute Gasteiger partial charge is 0.481 e. The topological polar surface area (TPSA) is 57.6 Å². The van der Waals surface area contributed by atoms with E-state index in [0.717, 1.165) is 38.3 Å². The Morgan fingerprint density at radius 2 is 1.81 bits per heavy atom. The summed E-state index contributed by atoms with van der Waals surface area (Å²) in [5.41, 5.74) is 0. The molecular weight excluding hydrogens is 266 g/mol. The Kier molecular flexibility index (Phi) is 6.07. The lowest BCUT2D eigenvalue weighted by atomic mass is 9.90. The van der Waals surface area contributed by atoms with Crippen molar-refractivity contribution in [2.45, 2.75) is 64.7 Å². The highest BCUT2D eigenvalue weighted by Crippen LogP contribution is 2.31. The van der Waals surface area contributed by atoms with Crippen LogP contribution in [0.15, 0.2) is 0 Å². The van der Waals surface area contributed by atoms with E-state index in [9.17, 15) is 9.59 Å². The molecule has 4 heteroatoms. The molecule has 2 unspecified atom stereocenters. The van der Waals surface area contributed by atoms with E-state index in [1.165, 1.54) is 25.7 Å². The molecule has 0 aromatic rings. The molecule has 4 nitrogen and oxygen atoms in total. The van der Waals surface area contributed by atoms with Crippen LogP contribution in [-0.4, -0.2) is 35.0 Å². The van der Waals surface area contributed by atoms with Gasteiger partial charge < -0.3 is 10.0 Å². The number of carboxylic acids is 1. The number of piperidine rings is 1. The second-order valence-electron chi connectivity index (χ2n) is 7.01. The van der Waals surface area contributed by atoms with Gasteiger partial charge in [0.15, 0.2) is 0 Å². The van der Waals surface area contributed by atoms with Crippen LogP contribution in [0.2, 0.25) is 0 Å². The van der Waals surface area contributed by atoms with Gasteiger partial charge in [0, 0.05) is 25.4 Å². The Bertz CT molecular complexity index is 363. The standard InChI is InChI=1S/C17H29NO3/c1-13(11-14-5-2-3-6-14)17(21)18-10-4-7-15(12-18)8-9-16(19)20/h13-15H,2-12H2,1H3,(H,19,20). The zero-order valence-corrected chi connectivity index (χ0v) is 13.2. The molecule has 0 aromatic heterocycles. The molecule has 0 aromatic carbocycles. The van der Waals surface area contributed by atoms with E-state index in [-0.39, 0.29) is 12.3 Å². The van der Waals surface area contributed by atoms with Crippen LogP contribution < -0.4 is 0 Å². The van der Waals surface area contributed by atoms with E-state index in [2.05, 4.69) is 6.92 Å². The average molecular weight is 295 g/mol. The van der Waals surface area contributed by atoms with Gasteiger partial charge in [-0.05, 0) is 37.5 Å². The van der Waals surface area contributed by atoms with E-state index >= 15 is 0 Å². The van der Waals surface area contributed by atoms with Crippen LogP contribution >= 0.6 is 0 Å². The Morgan fingerprint density at radius 1 is 1.14 bits per heavy atom. The predicted molar refractivity (Wildman–Crippen MR) is 81.9 cm³/mol. The van der Waals surface area contributed by atoms with Gasteiger partial charge >= 0.3 is 5.97 Å². The average Bonchev–Trinajstić information content (AvgIpc) is 2.97. The summed E-state index contributed by atoms with van der Waals surface area (Å²) in [5.74, 6) is 0.815. The molecule has 1 saturated carbocycles. The van der Waals surface area contributed by atoms with Gasteiger partial charge in [0.1, 0.15) is 0 Å². The van der Waals surface area contributed by atoms with Crippen molar-refractivity contribution < 1.29 is 14.7 Å². The zero-order chi connectivity index (χ0) is 15.2. The van der Waals surface area contributed by atoms with Crippen LogP contribution in [0.4, 0.5) is 0 Å². The maximum absolute atomic E-state index is 12.6. The minimum absolute atomic E-state index is 0.131. The van der Waals surface area contributed by atoms with Gasteiger partial charge in [0.05, 0.1) is 0 Å². The Morgan fingerprint density at radius 3 is 2.48 bits per heavy atom. The minimum Gasteiger partial charge on any atom is -0.481 e. The van der Waals surface area contributed by atoms with Crippen LogP contribution in [-0.2, 0) is 9.59 Å². The van der Waals surface area contributed by atoms with Crippen molar-refractivity contribution in [3.63, 3.8) is 0 Å². The molecule has 2 rings (SSSR count). The summed E-state index contributed by atoms with van der Waals surface area (Å²) >= 11 is 0. The molecule has 1 N–H and O–H groups in total. The van der Waals surface area contributed by atoms with Gasteiger partial charge in [-0.1, -0.05) is 32.6 Å². The predicted octanol–water partition coefficient (Wildman–Crippen LogP) is 3.31. The van der Waals surface area contributed by atoms with E-state index in [0.29, 0.717) is 18.2 Å². The van der Waals surface area contributed by atoms with E-state index < -0.39 is 5.97 Å².